The molecule has 3 heterocycles. The summed E-state index contributed by atoms with van der Waals surface area (Å²) in [5.41, 5.74) is 1.88. The number of hydrogen-bond donors (Lipinski definition) is 1. The summed E-state index contributed by atoms with van der Waals surface area (Å²) in [6.07, 6.45) is 2.68. The van der Waals surface area contributed by atoms with Crippen LogP contribution in [-0.4, -0.2) is 54.8 Å². The summed E-state index contributed by atoms with van der Waals surface area (Å²) in [7, 11) is 1.60. The van der Waals surface area contributed by atoms with Crippen LogP contribution in [0.3, 0.4) is 0 Å². The Hall–Kier alpha value is -3.13. The summed E-state index contributed by atoms with van der Waals surface area (Å²) < 4.78 is 17.0. The summed E-state index contributed by atoms with van der Waals surface area (Å²) >= 11 is 0. The normalized spacial score (nSPS) is 20.4. The number of nitrogens with one attached hydrogen (secondary N) is 1. The molecule has 2 aromatic rings. The predicted octanol–water partition coefficient (Wildman–Crippen LogP) is 3.12. The van der Waals surface area contributed by atoms with Gasteiger partial charge in [-0.25, -0.2) is 4.98 Å². The van der Waals surface area contributed by atoms with Gasteiger partial charge in [-0.15, -0.1) is 0 Å². The number of ether oxygens (including phenoxy) is 3. The molecule has 1 aromatic heterocycles. The first-order valence-electron chi connectivity index (χ1n) is 11.1. The van der Waals surface area contributed by atoms with E-state index >= 15 is 0 Å². The second-order valence-electron chi connectivity index (χ2n) is 8.06. The standard InChI is InChI=1S/C24H29N3O5/c1-3-18-6-4-7-21(25-18)26-22(28)15-27-14-17(13-23(27)29)16-9-10-19(30-2)20(12-16)32-24-8-5-11-31-24/h4,6-7,9-10,12,17,24H,3,5,8,11,13-15H2,1-2H3,(H,25,26,28)/t17-,24?/m1/s1. The highest BCUT2D eigenvalue weighted by atomic mass is 16.7. The summed E-state index contributed by atoms with van der Waals surface area (Å²) in [5.74, 6) is 1.43. The SMILES string of the molecule is CCc1cccc(NC(=O)CN2C[C@H](c3ccc(OC)c(OC4CCCO4)c3)CC2=O)n1. The Morgan fingerprint density at radius 3 is 2.91 bits per heavy atom. The lowest BCUT2D eigenvalue weighted by atomic mass is 9.98. The van der Waals surface area contributed by atoms with Crippen LogP contribution in [0.25, 0.3) is 0 Å². The first-order valence-corrected chi connectivity index (χ1v) is 11.1. The lowest BCUT2D eigenvalue weighted by Crippen LogP contribution is -2.34. The van der Waals surface area contributed by atoms with Crippen LogP contribution in [0.15, 0.2) is 36.4 Å². The number of carbonyl (C=O) groups is 2. The van der Waals surface area contributed by atoms with Gasteiger partial charge in [0, 0.05) is 31.0 Å². The molecule has 0 spiro atoms. The molecule has 2 atom stereocenters. The van der Waals surface area contributed by atoms with Crippen molar-refractivity contribution in [3.63, 3.8) is 0 Å². The zero-order valence-electron chi connectivity index (χ0n) is 18.5. The van der Waals surface area contributed by atoms with Crippen LogP contribution < -0.4 is 14.8 Å². The number of aryl methyl sites for hydroxylation is 1. The fourth-order valence-corrected chi connectivity index (χ4v) is 4.07. The molecule has 0 radical (unpaired) electrons. The van der Waals surface area contributed by atoms with Gasteiger partial charge < -0.3 is 24.4 Å². The van der Waals surface area contributed by atoms with Crippen molar-refractivity contribution >= 4 is 17.6 Å². The van der Waals surface area contributed by atoms with Crippen LogP contribution in [0.1, 0.15) is 43.4 Å². The molecule has 32 heavy (non-hydrogen) atoms. The number of aromatic nitrogens is 1. The zero-order valence-corrected chi connectivity index (χ0v) is 18.5. The fourth-order valence-electron chi connectivity index (χ4n) is 4.07. The average Bonchev–Trinajstić information content (AvgIpc) is 3.43. The maximum atomic E-state index is 12.6. The van der Waals surface area contributed by atoms with Crippen molar-refractivity contribution in [1.29, 1.82) is 0 Å². The van der Waals surface area contributed by atoms with Crippen molar-refractivity contribution in [2.75, 3.05) is 32.1 Å². The van der Waals surface area contributed by atoms with Crippen LogP contribution in [-0.2, 0) is 20.7 Å². The second kappa shape index (κ2) is 9.99. The van der Waals surface area contributed by atoms with Gasteiger partial charge in [0.1, 0.15) is 5.82 Å². The van der Waals surface area contributed by atoms with Crippen molar-refractivity contribution in [2.45, 2.75) is 44.8 Å². The molecular formula is C24H29N3O5. The number of anilines is 1. The Balaban J connectivity index is 1.39. The Morgan fingerprint density at radius 2 is 2.16 bits per heavy atom. The van der Waals surface area contributed by atoms with Gasteiger partial charge in [0.15, 0.2) is 17.8 Å². The zero-order chi connectivity index (χ0) is 22.5. The van der Waals surface area contributed by atoms with Gasteiger partial charge in [-0.3, -0.25) is 9.59 Å². The van der Waals surface area contributed by atoms with Crippen LogP contribution in [0.4, 0.5) is 5.82 Å². The number of hydrogen-bond acceptors (Lipinski definition) is 6. The summed E-state index contributed by atoms with van der Waals surface area (Å²) in [6.45, 7) is 3.18. The molecule has 0 bridgehead atoms. The minimum Gasteiger partial charge on any atom is -0.493 e. The second-order valence-corrected chi connectivity index (χ2v) is 8.06. The predicted molar refractivity (Wildman–Crippen MR) is 119 cm³/mol. The number of likely N-dealkylation sites (tertiary alicyclic amines) is 1. The first kappa shape index (κ1) is 22.1. The number of pyridine rings is 1. The Morgan fingerprint density at radius 1 is 1.28 bits per heavy atom. The van der Waals surface area contributed by atoms with E-state index in [9.17, 15) is 9.59 Å². The van der Waals surface area contributed by atoms with Crippen molar-refractivity contribution in [1.82, 2.24) is 9.88 Å². The van der Waals surface area contributed by atoms with E-state index < -0.39 is 0 Å². The maximum Gasteiger partial charge on any atom is 0.245 e. The maximum absolute atomic E-state index is 12.6. The molecule has 2 fully saturated rings. The molecule has 0 aliphatic carbocycles. The molecule has 2 amide bonds. The molecule has 8 nitrogen and oxygen atoms in total. The van der Waals surface area contributed by atoms with Gasteiger partial charge in [-0.2, -0.15) is 0 Å². The quantitative estimate of drug-likeness (QED) is 0.680. The lowest BCUT2D eigenvalue weighted by molar-refractivity contribution is -0.131. The monoisotopic (exact) mass is 439 g/mol. The number of rotatable bonds is 8. The summed E-state index contributed by atoms with van der Waals surface area (Å²) in [6, 6.07) is 11.2. The summed E-state index contributed by atoms with van der Waals surface area (Å²) in [4.78, 5) is 31.1. The largest absolute Gasteiger partial charge is 0.493 e. The molecule has 1 aromatic carbocycles. The molecule has 1 N–H and O–H groups in total. The highest BCUT2D eigenvalue weighted by Gasteiger charge is 2.32. The van der Waals surface area contributed by atoms with E-state index in [4.69, 9.17) is 14.2 Å². The lowest BCUT2D eigenvalue weighted by Gasteiger charge is -2.19. The third-order valence-electron chi connectivity index (χ3n) is 5.79. The van der Waals surface area contributed by atoms with Crippen LogP contribution >= 0.6 is 0 Å². The van der Waals surface area contributed by atoms with Crippen molar-refractivity contribution < 1.29 is 23.8 Å². The van der Waals surface area contributed by atoms with Gasteiger partial charge in [0.05, 0.1) is 20.3 Å². The number of benzene rings is 1. The molecule has 2 saturated heterocycles. The van der Waals surface area contributed by atoms with Gasteiger partial charge in [0.2, 0.25) is 11.8 Å². The van der Waals surface area contributed by atoms with E-state index in [0.29, 0.717) is 36.9 Å². The Bertz CT molecular complexity index is 974. The van der Waals surface area contributed by atoms with Crippen LogP contribution in [0.2, 0.25) is 0 Å². The Labute approximate surface area is 187 Å². The smallest absolute Gasteiger partial charge is 0.245 e. The molecule has 4 rings (SSSR count). The Kier molecular flexibility index (Phi) is 6.90. The molecule has 170 valence electrons. The minimum atomic E-state index is -0.274. The number of carbonyl (C=O) groups excluding carboxylic acids is 2. The van der Waals surface area contributed by atoms with Gasteiger partial charge in [-0.1, -0.05) is 19.1 Å². The van der Waals surface area contributed by atoms with Gasteiger partial charge in [-0.05, 0) is 42.7 Å². The van der Waals surface area contributed by atoms with E-state index in [1.54, 1.807) is 18.1 Å². The van der Waals surface area contributed by atoms with E-state index in [1.807, 2.05) is 37.3 Å². The number of methoxy groups -OCH3 is 1. The number of nitrogens with zero attached hydrogens (tertiary/aromatic N) is 2. The van der Waals surface area contributed by atoms with E-state index in [1.165, 1.54) is 0 Å². The van der Waals surface area contributed by atoms with Crippen molar-refractivity contribution in [3.05, 3.63) is 47.7 Å². The first-order chi connectivity index (χ1) is 15.6. The van der Waals surface area contributed by atoms with Gasteiger partial charge >= 0.3 is 0 Å². The van der Waals surface area contributed by atoms with E-state index in [-0.39, 0.29) is 30.6 Å². The van der Waals surface area contributed by atoms with E-state index in [2.05, 4.69) is 10.3 Å². The summed E-state index contributed by atoms with van der Waals surface area (Å²) in [5, 5.41) is 2.79. The highest BCUT2D eigenvalue weighted by molar-refractivity contribution is 5.94. The van der Waals surface area contributed by atoms with Gasteiger partial charge in [0.25, 0.3) is 0 Å². The van der Waals surface area contributed by atoms with Crippen molar-refractivity contribution in [3.8, 4) is 11.5 Å². The average molecular weight is 440 g/mol. The molecule has 0 saturated carbocycles. The molecule has 8 heteroatoms. The molecule has 2 aliphatic heterocycles. The third kappa shape index (κ3) is 5.19. The highest BCUT2D eigenvalue weighted by Crippen LogP contribution is 2.36. The van der Waals surface area contributed by atoms with Crippen LogP contribution in [0, 0.1) is 0 Å². The number of amides is 2. The molecular weight excluding hydrogens is 410 g/mol. The minimum absolute atomic E-state index is 0.00277. The van der Waals surface area contributed by atoms with E-state index in [0.717, 1.165) is 30.5 Å². The fraction of sp³-hybridized carbons (Fsp3) is 0.458. The van der Waals surface area contributed by atoms with Crippen molar-refractivity contribution in [2.24, 2.45) is 0 Å². The topological polar surface area (TPSA) is 90.0 Å². The third-order valence-corrected chi connectivity index (χ3v) is 5.79. The van der Waals surface area contributed by atoms with Crippen LogP contribution in [0.5, 0.6) is 11.5 Å². The molecule has 2 aliphatic rings. The molecule has 1 unspecified atom stereocenters.